The van der Waals surface area contributed by atoms with Crippen molar-refractivity contribution in [3.63, 3.8) is 0 Å². The van der Waals surface area contributed by atoms with Gasteiger partial charge in [-0.1, -0.05) is 37.6 Å². The Hall–Kier alpha value is -0.600. The molecule has 0 saturated heterocycles. The van der Waals surface area contributed by atoms with Gasteiger partial charge in [0.15, 0.2) is 10.5 Å². The Morgan fingerprint density at radius 3 is 1.27 bits per heavy atom. The first-order valence-electron chi connectivity index (χ1n) is 8.70. The van der Waals surface area contributed by atoms with Crippen LogP contribution >= 0.6 is 0 Å². The first kappa shape index (κ1) is 25.7. The molecule has 0 aromatic heterocycles. The average molecular weight is 499 g/mol. The van der Waals surface area contributed by atoms with E-state index in [1.807, 2.05) is 0 Å². The minimum Gasteiger partial charge on any atom is -0.222 e. The Morgan fingerprint density at radius 2 is 0.967 bits per heavy atom. The Kier molecular flexibility index (Phi) is 8.85. The molecule has 12 heteroatoms. The summed E-state index contributed by atoms with van der Waals surface area (Å²) in [6, 6.07) is 18.5. The van der Waals surface area contributed by atoms with Gasteiger partial charge in [0.1, 0.15) is 0 Å². The molecule has 0 fully saturated rings. The Labute approximate surface area is 184 Å². The minimum atomic E-state index is -4.94. The van der Waals surface area contributed by atoms with E-state index in [-0.39, 0.29) is 0 Å². The van der Waals surface area contributed by atoms with Crippen LogP contribution in [0.2, 0.25) is 0 Å². The van der Waals surface area contributed by atoms with E-state index in [0.29, 0.717) is 21.8 Å². The van der Waals surface area contributed by atoms with Gasteiger partial charge in [0.25, 0.3) is 0 Å². The molecule has 3 heterocycles. The third kappa shape index (κ3) is 6.95. The number of halogens is 2. The molecule has 0 N–H and O–H groups in total. The van der Waals surface area contributed by atoms with Gasteiger partial charge in [-0.15, -0.1) is 20.5 Å². The fraction of sp³-hybridized carbons (Fsp3) is 0.333. The number of rotatable bonds is 2. The highest BCUT2D eigenvalue weighted by Gasteiger charge is 2.63. The predicted octanol–water partition coefficient (Wildman–Crippen LogP) is -4.87. The molecule has 0 saturated carbocycles. The van der Waals surface area contributed by atoms with Crippen LogP contribution in [0.15, 0.2) is 68.1 Å². The van der Waals surface area contributed by atoms with Gasteiger partial charge in [-0.3, -0.25) is 0 Å². The normalized spacial score (nSPS) is 23.9. The fourth-order valence-corrected chi connectivity index (χ4v) is 10.6. The highest BCUT2D eigenvalue weighted by molar-refractivity contribution is 8.06. The first-order chi connectivity index (χ1) is 13.8. The van der Waals surface area contributed by atoms with Crippen molar-refractivity contribution in [2.24, 2.45) is 0 Å². The summed E-state index contributed by atoms with van der Waals surface area (Å²) >= 11 is 0. The Bertz CT molecular complexity index is 772. The molecule has 5 rings (SSSR count). The second-order valence-corrected chi connectivity index (χ2v) is 12.3. The molecule has 0 unspecified atom stereocenters. The van der Waals surface area contributed by atoms with Crippen LogP contribution in [0.4, 0.5) is 0 Å². The third-order valence-electron chi connectivity index (χ3n) is 4.42. The quantitative estimate of drug-likeness (QED) is 0.368. The fourth-order valence-electron chi connectivity index (χ4n) is 3.57. The number of hydrogen-bond donors (Lipinski definition) is 0. The predicted molar refractivity (Wildman–Crippen MR) is 88.8 cm³/mol. The average Bonchev–Trinajstić information content (AvgIpc) is 2.61. The molecule has 166 valence electrons. The molecule has 8 nitrogen and oxygen atoms in total. The van der Waals surface area contributed by atoms with E-state index >= 15 is 0 Å². The van der Waals surface area contributed by atoms with Crippen molar-refractivity contribution in [3.8, 4) is 0 Å². The van der Waals surface area contributed by atoms with E-state index in [4.69, 9.17) is 37.3 Å². The van der Waals surface area contributed by atoms with Crippen LogP contribution in [-0.2, 0) is 21.8 Å². The molecule has 0 aliphatic carbocycles. The molecule has 3 aliphatic heterocycles. The molecule has 30 heavy (non-hydrogen) atoms. The summed E-state index contributed by atoms with van der Waals surface area (Å²) in [5.74, 6) is 0. The van der Waals surface area contributed by atoms with Crippen LogP contribution in [0.1, 0.15) is 26.7 Å². The molecule has 2 aromatic carbocycles. The van der Waals surface area contributed by atoms with E-state index in [2.05, 4.69) is 62.4 Å². The van der Waals surface area contributed by atoms with Gasteiger partial charge in [-0.25, -0.2) is 37.3 Å². The van der Waals surface area contributed by atoms with Crippen LogP contribution in [0, 0.1) is 20.5 Å². The van der Waals surface area contributed by atoms with Crippen LogP contribution < -0.4 is 37.3 Å². The lowest BCUT2D eigenvalue weighted by Gasteiger charge is -2.34. The molecule has 3 aliphatic rings. The topological polar surface area (TPSA) is 184 Å². The van der Waals surface area contributed by atoms with Gasteiger partial charge >= 0.3 is 0 Å². The molecular weight excluding hydrogens is 479 g/mol. The van der Waals surface area contributed by atoms with Gasteiger partial charge in [-0.05, 0) is 31.2 Å². The van der Waals surface area contributed by atoms with Gasteiger partial charge < -0.3 is 0 Å². The molecule has 0 radical (unpaired) electrons. The summed E-state index contributed by atoms with van der Waals surface area (Å²) in [6.07, 6.45) is 2.68. The minimum absolute atomic E-state index is 0.295. The molecule has 2 aromatic rings. The summed E-state index contributed by atoms with van der Waals surface area (Å²) in [4.78, 5) is 6.56. The molecule has 2 atom stereocenters. The van der Waals surface area contributed by atoms with Crippen molar-refractivity contribution in [1.29, 1.82) is 0 Å². The highest BCUT2D eigenvalue weighted by atomic mass is 35.7. The maximum atomic E-state index is 8.49. The first-order valence-corrected chi connectivity index (χ1v) is 13.7. The van der Waals surface area contributed by atoms with Crippen LogP contribution in [-0.4, -0.2) is 10.5 Å². The third-order valence-corrected chi connectivity index (χ3v) is 10.5. The number of fused-ring (bicyclic) bond motifs is 1. The van der Waals surface area contributed by atoms with E-state index in [9.17, 15) is 0 Å². The zero-order valence-corrected chi connectivity index (χ0v) is 19.2. The molecule has 0 amide bonds. The molecule has 0 spiro atoms. The van der Waals surface area contributed by atoms with E-state index in [1.165, 1.54) is 12.8 Å². The monoisotopic (exact) mass is 498 g/mol. The SMILES string of the molecule is CCC[C@@H]1[C@H](C)[S+]2c3ccccc3[S+]1c1ccccc12.[O-][Cl+3]([O-])([O-])[O-].[O-][Cl+3]([O-])([O-])[O-]. The molecule has 2 bridgehead atoms. The maximum absolute atomic E-state index is 8.49. The number of benzene rings is 2. The lowest BCUT2D eigenvalue weighted by atomic mass is 10.2. The second kappa shape index (κ2) is 10.3. The lowest BCUT2D eigenvalue weighted by Crippen LogP contribution is -2.68. The van der Waals surface area contributed by atoms with Gasteiger partial charge in [0.2, 0.25) is 19.6 Å². The van der Waals surface area contributed by atoms with Crippen molar-refractivity contribution in [1.82, 2.24) is 0 Å². The van der Waals surface area contributed by atoms with Crippen molar-refractivity contribution in [2.45, 2.75) is 56.8 Å². The van der Waals surface area contributed by atoms with E-state index in [0.717, 1.165) is 10.5 Å². The summed E-state index contributed by atoms with van der Waals surface area (Å²) in [5, 5.41) is 1.66. The van der Waals surface area contributed by atoms with Crippen molar-refractivity contribution in [3.05, 3.63) is 48.5 Å². The zero-order chi connectivity index (χ0) is 22.7. The second-order valence-electron chi connectivity index (χ2n) is 6.36. The van der Waals surface area contributed by atoms with Crippen LogP contribution in [0.5, 0.6) is 0 Å². The van der Waals surface area contributed by atoms with Crippen molar-refractivity contribution in [2.75, 3.05) is 0 Å². The number of hydrogen-bond acceptors (Lipinski definition) is 8. The molecular formula is C18H20Cl2O8S2. The van der Waals surface area contributed by atoms with Gasteiger partial charge in [-0.2, -0.15) is 0 Å². The van der Waals surface area contributed by atoms with Crippen molar-refractivity contribution >= 4 is 21.8 Å². The highest BCUT2D eigenvalue weighted by Crippen LogP contribution is 2.53. The van der Waals surface area contributed by atoms with Crippen LogP contribution in [0.3, 0.4) is 0 Å². The van der Waals surface area contributed by atoms with Crippen molar-refractivity contribution < 1.29 is 57.8 Å². The van der Waals surface area contributed by atoms with E-state index in [1.54, 1.807) is 19.6 Å². The Morgan fingerprint density at radius 1 is 0.667 bits per heavy atom. The zero-order valence-electron chi connectivity index (χ0n) is 16.0. The van der Waals surface area contributed by atoms with E-state index < -0.39 is 20.5 Å². The van der Waals surface area contributed by atoms with Gasteiger partial charge in [0, 0.05) is 6.42 Å². The standard InChI is InChI=1S/C18H20S2.2ClHO4/c1-3-8-14-13(2)19-15-9-4-6-11-17(15)20(14)18-12-7-5-10-16(18)19;2*2-1(3,4)5/h4-7,9-14H,3,8H2,1-2H3;2*(H,2,3,4,5)/q+2;;/p-2/t13-,14+,19?,20?;;/m0../s1. The summed E-state index contributed by atoms with van der Waals surface area (Å²) in [7, 11) is -9.29. The largest absolute Gasteiger partial charge is 0.222 e. The smallest absolute Gasteiger partial charge is 0.216 e. The maximum Gasteiger partial charge on any atom is 0.216 e. The Balaban J connectivity index is 0.000000271. The van der Waals surface area contributed by atoms with Crippen LogP contribution in [0.25, 0.3) is 0 Å². The van der Waals surface area contributed by atoms with Gasteiger partial charge in [0.05, 0.1) is 21.8 Å². The summed E-state index contributed by atoms with van der Waals surface area (Å²) < 4.78 is 67.9. The lowest BCUT2D eigenvalue weighted by molar-refractivity contribution is -2.00. The summed E-state index contributed by atoms with van der Waals surface area (Å²) in [6.45, 7) is 4.83. The summed E-state index contributed by atoms with van der Waals surface area (Å²) in [5.41, 5.74) is 0.